The molecule has 2 bridgehead atoms. The molecule has 0 aromatic carbocycles. The molecule has 13 atom stereocenters. The number of rotatable bonds is 15. The van der Waals surface area contributed by atoms with E-state index < -0.39 is 187 Å². The fourth-order valence-corrected chi connectivity index (χ4v) is 11.1. The molecule has 0 aromatic heterocycles. The van der Waals surface area contributed by atoms with Gasteiger partial charge in [0.05, 0.1) is 38.3 Å². The molecule has 4 unspecified atom stereocenters. The van der Waals surface area contributed by atoms with Crippen LogP contribution in [0.25, 0.3) is 0 Å². The van der Waals surface area contributed by atoms with Crippen molar-refractivity contribution in [3.63, 3.8) is 0 Å². The van der Waals surface area contributed by atoms with Crippen LogP contribution in [0.5, 0.6) is 0 Å². The molecular formula is C44H67N13O16S4. The molecule has 77 heavy (non-hydrogen) atoms. The number of fused-ring (bicyclic) bond motifs is 3. The molecule has 0 aromatic rings. The fraction of sp³-hybridized carbons (Fsp3) is 0.682. The highest BCUT2D eigenvalue weighted by molar-refractivity contribution is 8.76. The van der Waals surface area contributed by atoms with E-state index in [4.69, 9.17) is 34.9 Å². The minimum absolute atomic E-state index is 0.0651. The molecule has 4 aliphatic rings. The van der Waals surface area contributed by atoms with Crippen LogP contribution < -0.4 is 64.2 Å². The lowest BCUT2D eigenvalue weighted by atomic mass is 9.97. The molecular weight excluding hydrogens is 1090 g/mol. The predicted octanol–water partition coefficient (Wildman–Crippen LogP) is -6.64. The highest BCUT2D eigenvalue weighted by atomic mass is 33.1. The number of carbonyl (C=O) groups is 12. The summed E-state index contributed by atoms with van der Waals surface area (Å²) in [6.07, 6.45) is -0.738. The van der Waals surface area contributed by atoms with Crippen LogP contribution in [0.4, 0.5) is 0 Å². The van der Waals surface area contributed by atoms with Crippen molar-refractivity contribution in [1.29, 1.82) is 0 Å². The largest absolute Gasteiger partial charge is 0.480 e. The van der Waals surface area contributed by atoms with Crippen LogP contribution in [0.1, 0.15) is 66.7 Å². The van der Waals surface area contributed by atoms with E-state index >= 15 is 0 Å². The average molecular weight is 1160 g/mol. The van der Waals surface area contributed by atoms with Crippen molar-refractivity contribution < 1.29 is 77.6 Å². The Morgan fingerprint density at radius 3 is 2.12 bits per heavy atom. The number of carboxylic acid groups (broad SMARTS) is 1. The normalized spacial score (nSPS) is 28.7. The van der Waals surface area contributed by atoms with E-state index in [9.17, 15) is 72.9 Å². The first-order valence-corrected chi connectivity index (χ1v) is 27.8. The van der Waals surface area contributed by atoms with E-state index in [-0.39, 0.29) is 28.9 Å². The minimum Gasteiger partial charge on any atom is -0.480 e. The fourth-order valence-electron chi connectivity index (χ4n) is 8.17. The molecule has 0 saturated carbocycles. The van der Waals surface area contributed by atoms with Crippen LogP contribution in [0.3, 0.4) is 0 Å². The van der Waals surface area contributed by atoms with Crippen molar-refractivity contribution in [2.24, 2.45) is 17.6 Å². The Balaban J connectivity index is 1.60. The lowest BCUT2D eigenvalue weighted by molar-refractivity contribution is -0.144. The Morgan fingerprint density at radius 2 is 1.49 bits per heavy atom. The summed E-state index contributed by atoms with van der Waals surface area (Å²) in [5.41, 5.74) is 5.39. The summed E-state index contributed by atoms with van der Waals surface area (Å²) >= 11 is 10.8. The molecule has 4 saturated heterocycles. The van der Waals surface area contributed by atoms with Crippen LogP contribution >= 0.6 is 46.0 Å². The zero-order valence-electron chi connectivity index (χ0n) is 42.7. The molecule has 4 fully saturated rings. The van der Waals surface area contributed by atoms with Crippen molar-refractivity contribution in [3.05, 3.63) is 0 Å². The van der Waals surface area contributed by atoms with Gasteiger partial charge in [-0.1, -0.05) is 80.1 Å². The van der Waals surface area contributed by atoms with Gasteiger partial charge in [0.1, 0.15) is 58.3 Å². The number of nitrogens with one attached hydrogen (secondary N) is 11. The standard InChI is InChI=1S/C44H67N13O16S4/c1-6-18(4)29-40-55-31(44(72)73-40)41(74)46-12-28(61)57-9-7-8-26(57)38(68)49-21(11-27(45)60)33(63)53-25(43(70)71)16-77-76-15-24(37(67)51-23(14-59)36(66)54-29)52-35(65)22(13-58)50-32(62)19(5)47-42(75)30-39(69)56-34(64)20(48-30)10-17(2)3/h17-26,29-31,40,48,55,58-59H,6-16H2,1-5H3,(H2,45,60)(H,46,74)(H,47,75)(H,49,68)(H,50,62)(H,51,67)(H,52,65)(H,53,63)(H,54,66)(H,70,71)(H,56,64,69)/t18-,19-,20?,21-,22-,23-,24-,25-,26-,29-,30?,31?,40?/m0/s1. The van der Waals surface area contributed by atoms with Crippen LogP contribution in [0.15, 0.2) is 0 Å². The Bertz CT molecular complexity index is 2300. The molecule has 4 heterocycles. The first-order valence-electron chi connectivity index (χ1n) is 24.5. The maximum Gasteiger partial charge on any atom is 0.332 e. The summed E-state index contributed by atoms with van der Waals surface area (Å²) in [6.45, 7) is 6.11. The second-order valence-corrected chi connectivity index (χ2v) is 22.4. The second-order valence-electron chi connectivity index (χ2n) is 19.0. The number of amides is 10. The van der Waals surface area contributed by atoms with Crippen LogP contribution in [-0.4, -0.2) is 212 Å². The molecule has 4 aliphatic heterocycles. The second kappa shape index (κ2) is 29.8. The number of nitrogens with zero attached hydrogens (tertiary/aromatic N) is 1. The lowest BCUT2D eigenvalue weighted by Crippen LogP contribution is -2.67. The number of primary amides is 1. The third-order valence-electron chi connectivity index (χ3n) is 12.6. The van der Waals surface area contributed by atoms with Crippen LogP contribution in [0.2, 0.25) is 0 Å². The summed E-state index contributed by atoms with van der Waals surface area (Å²) in [5.74, 6) is -12.8. The van der Waals surface area contributed by atoms with Crippen molar-refractivity contribution >= 4 is 127 Å². The van der Waals surface area contributed by atoms with Crippen molar-refractivity contribution in [3.8, 4) is 0 Å². The number of ether oxygens (including phenoxy) is 1. The molecule has 0 aliphatic carbocycles. The number of aliphatic carboxylic acids is 1. The predicted molar refractivity (Wildman–Crippen MR) is 282 cm³/mol. The van der Waals surface area contributed by atoms with Gasteiger partial charge < -0.3 is 73.2 Å². The van der Waals surface area contributed by atoms with Gasteiger partial charge in [0, 0.05) is 18.1 Å². The van der Waals surface area contributed by atoms with E-state index in [1.54, 1.807) is 13.8 Å². The number of hydrogen-bond acceptors (Lipinski definition) is 21. The van der Waals surface area contributed by atoms with E-state index in [1.165, 1.54) is 11.8 Å². The van der Waals surface area contributed by atoms with Gasteiger partial charge in [-0.25, -0.2) is 9.59 Å². The van der Waals surface area contributed by atoms with Crippen molar-refractivity contribution in [2.75, 3.05) is 37.8 Å². The van der Waals surface area contributed by atoms with Crippen molar-refractivity contribution in [2.45, 2.75) is 139 Å². The van der Waals surface area contributed by atoms with E-state index in [0.29, 0.717) is 19.3 Å². The first-order chi connectivity index (χ1) is 36.3. The number of imide groups is 1. The third-order valence-corrected chi connectivity index (χ3v) is 15.8. The Morgan fingerprint density at radius 1 is 0.831 bits per heavy atom. The Labute approximate surface area is 460 Å². The van der Waals surface area contributed by atoms with E-state index in [0.717, 1.165) is 21.6 Å². The quantitative estimate of drug-likeness (QED) is 0.0314. The smallest absolute Gasteiger partial charge is 0.332 e. The average Bonchev–Trinajstić information content (AvgIpc) is 4.03. The van der Waals surface area contributed by atoms with Gasteiger partial charge >= 0.3 is 11.9 Å². The molecule has 0 spiro atoms. The number of carbonyl (C=O) groups excluding carboxylic acids is 11. The summed E-state index contributed by atoms with van der Waals surface area (Å²) in [4.78, 5) is 159. The topological polar surface area (TPSA) is 436 Å². The SMILES string of the molecule is CC[C@H](C)[C@@H]1NC(=O)[C@H](CO)NC(=O)[C@@H](NC(=O)[C@H](CO)NC(=O)[C@H](C)NC(=S)C2NC(CC(C)C)C(=O)NC2=O)CSSC[C@@H](C(=O)O)NC(=O)[C@H](CC(N)=O)NC(=O)[C@@H]2CCCN2C(=O)CNC(=S)C2NC1OC2=O. The zero-order chi connectivity index (χ0) is 57.4. The third kappa shape index (κ3) is 18.1. The summed E-state index contributed by atoms with van der Waals surface area (Å²) in [5, 5.41) is 58.5. The Kier molecular flexibility index (Phi) is 24.6. The summed E-state index contributed by atoms with van der Waals surface area (Å²) < 4.78 is 5.59. The number of carboxylic acids is 1. The molecule has 29 nitrogen and oxygen atoms in total. The molecule has 0 radical (unpaired) electrons. The lowest BCUT2D eigenvalue weighted by Gasteiger charge is -2.32. The van der Waals surface area contributed by atoms with Gasteiger partial charge in [-0.2, -0.15) is 0 Å². The number of hydrogen-bond donors (Lipinski definition) is 15. The maximum absolute atomic E-state index is 14.1. The Hall–Kier alpha value is -5.84. The minimum atomic E-state index is -1.76. The van der Waals surface area contributed by atoms with E-state index in [1.807, 2.05) is 13.8 Å². The monoisotopic (exact) mass is 1160 g/mol. The molecule has 16 N–H and O–H groups in total. The van der Waals surface area contributed by atoms with Crippen LogP contribution in [0, 0.1) is 11.8 Å². The van der Waals surface area contributed by atoms with Gasteiger partial charge in [-0.05, 0) is 38.0 Å². The number of aliphatic hydroxyl groups is 2. The number of piperazine rings is 1. The van der Waals surface area contributed by atoms with Gasteiger partial charge in [0.2, 0.25) is 53.2 Å². The molecule has 4 rings (SSSR count). The molecule has 428 valence electrons. The first kappa shape index (κ1) is 63.7. The highest BCUT2D eigenvalue weighted by Gasteiger charge is 2.45. The zero-order valence-corrected chi connectivity index (χ0v) is 45.9. The number of thiocarbonyl (C=S) groups is 2. The number of aliphatic hydroxyl groups excluding tert-OH is 2. The van der Waals surface area contributed by atoms with E-state index in [2.05, 4.69) is 58.5 Å². The number of nitrogens with two attached hydrogens (primary N) is 1. The molecule has 33 heteroatoms. The number of esters is 1. The van der Waals surface area contributed by atoms with Gasteiger partial charge in [0.15, 0.2) is 12.3 Å². The highest BCUT2D eigenvalue weighted by Crippen LogP contribution is 2.24. The maximum atomic E-state index is 14.1. The summed E-state index contributed by atoms with van der Waals surface area (Å²) in [6, 6.07) is -15.3. The molecule has 10 amide bonds. The van der Waals surface area contributed by atoms with Gasteiger partial charge in [-0.3, -0.25) is 63.9 Å². The van der Waals surface area contributed by atoms with Crippen LogP contribution in [-0.2, 0) is 62.3 Å². The van der Waals surface area contributed by atoms with Crippen molar-refractivity contribution in [1.82, 2.24) is 63.4 Å². The van der Waals surface area contributed by atoms with Gasteiger partial charge in [-0.15, -0.1) is 0 Å². The van der Waals surface area contributed by atoms with Gasteiger partial charge in [0.25, 0.3) is 5.91 Å². The summed E-state index contributed by atoms with van der Waals surface area (Å²) in [7, 11) is 1.54.